The second kappa shape index (κ2) is 12.8. The van der Waals surface area contributed by atoms with E-state index in [0.717, 1.165) is 0 Å². The van der Waals surface area contributed by atoms with Crippen molar-refractivity contribution in [3.63, 3.8) is 0 Å². The second-order valence-corrected chi connectivity index (χ2v) is 8.51. The van der Waals surface area contributed by atoms with Crippen molar-refractivity contribution in [3.8, 4) is 0 Å². The number of hydrogen-bond acceptors (Lipinski definition) is 4. The first-order valence-electron chi connectivity index (χ1n) is 5.26. The minimum absolute atomic E-state index is 0.500. The summed E-state index contributed by atoms with van der Waals surface area (Å²) in [4.78, 5) is 16.5. The molecule has 0 aliphatic rings. The summed E-state index contributed by atoms with van der Waals surface area (Å²) in [6, 6.07) is 21.7. The molecular weight excluding hydrogens is 439 g/mol. The van der Waals surface area contributed by atoms with Gasteiger partial charge in [-0.2, -0.15) is 0 Å². The van der Waals surface area contributed by atoms with E-state index in [0.29, 0.717) is 0 Å². The zero-order valence-electron chi connectivity index (χ0n) is 10.1. The van der Waals surface area contributed by atoms with Gasteiger partial charge in [-0.1, -0.05) is 0 Å². The number of rotatable bonds is 2. The van der Waals surface area contributed by atoms with Gasteiger partial charge >= 0.3 is 91.1 Å². The molecule has 0 saturated carbocycles. The molecule has 0 heterocycles. The first-order chi connectivity index (χ1) is 9.28. The fraction of sp³-hybridized carbons (Fsp3) is 0. The van der Waals surface area contributed by atoms with Crippen molar-refractivity contribution in [2.75, 3.05) is 0 Å². The molecule has 0 unspecified atom stereocenters. The molecule has 0 saturated heterocycles. The molecule has 19 heavy (non-hydrogen) atoms. The molecular formula is C14H12O4Pb. The molecule has 0 atom stereocenters. The van der Waals surface area contributed by atoms with Crippen molar-refractivity contribution in [1.29, 1.82) is 0 Å². The summed E-state index contributed by atoms with van der Waals surface area (Å²) in [7, 11) is 0. The minimum atomic E-state index is -0.740. The van der Waals surface area contributed by atoms with E-state index in [9.17, 15) is 0 Å². The van der Waals surface area contributed by atoms with Gasteiger partial charge in [0.05, 0.1) is 0 Å². The van der Waals surface area contributed by atoms with Crippen molar-refractivity contribution < 1.29 is 19.8 Å². The van der Waals surface area contributed by atoms with Gasteiger partial charge in [-0.25, -0.2) is 0 Å². The molecule has 5 heteroatoms. The first kappa shape index (κ1) is 17.3. The van der Waals surface area contributed by atoms with Crippen LogP contribution in [0.15, 0.2) is 60.7 Å². The zero-order valence-corrected chi connectivity index (χ0v) is 13.9. The van der Waals surface area contributed by atoms with Crippen LogP contribution in [0.25, 0.3) is 0 Å². The third-order valence-electron chi connectivity index (χ3n) is 1.84. The van der Waals surface area contributed by atoms with Gasteiger partial charge in [0.2, 0.25) is 0 Å². The Morgan fingerprint density at radius 1 is 0.684 bits per heavy atom. The summed E-state index contributed by atoms with van der Waals surface area (Å²) in [6.07, 6.45) is 0. The van der Waals surface area contributed by atoms with Crippen LogP contribution in [0.2, 0.25) is 0 Å². The van der Waals surface area contributed by atoms with Crippen LogP contribution in [-0.4, -0.2) is 37.2 Å². The molecule has 0 fully saturated rings. The predicted octanol–water partition coefficient (Wildman–Crippen LogP) is -1.93. The fourth-order valence-electron chi connectivity index (χ4n) is 1.21. The summed E-state index contributed by atoms with van der Waals surface area (Å²) >= 11 is -0.740. The van der Waals surface area contributed by atoms with E-state index in [1.807, 2.05) is 0 Å². The Bertz CT molecular complexity index is 402. The van der Waals surface area contributed by atoms with Crippen molar-refractivity contribution >= 4 is 43.4 Å². The van der Waals surface area contributed by atoms with E-state index >= 15 is 0 Å². The molecule has 0 N–H and O–H groups in total. The van der Waals surface area contributed by atoms with Gasteiger partial charge in [0.25, 0.3) is 0 Å². The van der Waals surface area contributed by atoms with Gasteiger partial charge in [-0.05, 0) is 0 Å². The number of carboxylic acid groups (broad SMARTS) is 2. The molecule has 0 bridgehead atoms. The zero-order chi connectivity index (χ0) is 14.3. The SMILES string of the molecule is O=C[O-].O=C[O-].c1cc[c]([Pb+2][c]2ccccc2)cc1. The third kappa shape index (κ3) is 9.95. The van der Waals surface area contributed by atoms with Crippen LogP contribution >= 0.6 is 0 Å². The van der Waals surface area contributed by atoms with Gasteiger partial charge < -0.3 is 19.8 Å². The summed E-state index contributed by atoms with van der Waals surface area (Å²) in [5.41, 5.74) is 0. The monoisotopic (exact) mass is 452 g/mol. The van der Waals surface area contributed by atoms with Gasteiger partial charge in [0, 0.05) is 12.9 Å². The Morgan fingerprint density at radius 2 is 0.947 bits per heavy atom. The Morgan fingerprint density at radius 3 is 1.21 bits per heavy atom. The van der Waals surface area contributed by atoms with E-state index in [1.165, 1.54) is 0 Å². The molecule has 0 aromatic heterocycles. The van der Waals surface area contributed by atoms with E-state index < -0.39 is 37.2 Å². The maximum absolute atomic E-state index is 8.25. The summed E-state index contributed by atoms with van der Waals surface area (Å²) in [6.45, 7) is -1.00. The number of benzene rings is 2. The van der Waals surface area contributed by atoms with Crippen LogP contribution in [0.4, 0.5) is 0 Å². The van der Waals surface area contributed by atoms with Crippen molar-refractivity contribution in [2.45, 2.75) is 0 Å². The van der Waals surface area contributed by atoms with Gasteiger partial charge in [-0.15, -0.1) is 0 Å². The van der Waals surface area contributed by atoms with E-state index in [2.05, 4.69) is 60.7 Å². The molecule has 96 valence electrons. The van der Waals surface area contributed by atoms with Gasteiger partial charge in [0.15, 0.2) is 0 Å². The van der Waals surface area contributed by atoms with Crippen LogP contribution < -0.4 is 16.5 Å². The third-order valence-corrected chi connectivity index (χ3v) is 6.67. The summed E-state index contributed by atoms with van der Waals surface area (Å²) < 4.78 is 3.13. The molecule has 0 radical (unpaired) electrons. The molecule has 0 amide bonds. The summed E-state index contributed by atoms with van der Waals surface area (Å²) in [5, 5.41) is 16.5. The normalized spacial score (nSPS) is 7.58. The van der Waals surface area contributed by atoms with E-state index in [-0.39, 0.29) is 0 Å². The molecule has 2 aromatic carbocycles. The molecule has 0 aliphatic carbocycles. The predicted molar refractivity (Wildman–Crippen MR) is 70.0 cm³/mol. The Hall–Kier alpha value is -1.70. The van der Waals surface area contributed by atoms with Crippen LogP contribution in [0.3, 0.4) is 0 Å². The topological polar surface area (TPSA) is 80.3 Å². The van der Waals surface area contributed by atoms with Gasteiger partial charge in [-0.3, -0.25) is 0 Å². The number of carbonyl (C=O) groups is 2. The molecule has 0 spiro atoms. The molecule has 0 aliphatic heterocycles. The maximum atomic E-state index is 8.25. The van der Waals surface area contributed by atoms with E-state index in [1.54, 1.807) is 6.25 Å². The number of carbonyl (C=O) groups excluding carboxylic acids is 2. The number of hydrogen-bond donors (Lipinski definition) is 0. The quantitative estimate of drug-likeness (QED) is 0.394. The average molecular weight is 451 g/mol. The second-order valence-electron chi connectivity index (χ2n) is 3.05. The standard InChI is InChI=1S/2C6H5.2CH2O2.Pb/c2*1-2-4-6-5-3-1;2*2-1-3;/h2*1-5H;2*1H,(H,2,3);/q;;;;+2/p-2. The van der Waals surface area contributed by atoms with Crippen LogP contribution in [0.5, 0.6) is 0 Å². The fourth-order valence-corrected chi connectivity index (χ4v) is 5.30. The first-order valence-corrected chi connectivity index (χ1v) is 9.15. The van der Waals surface area contributed by atoms with Crippen LogP contribution in [-0.2, 0) is 9.59 Å². The Kier molecular flexibility index (Phi) is 11.6. The van der Waals surface area contributed by atoms with Crippen molar-refractivity contribution in [2.24, 2.45) is 0 Å². The van der Waals surface area contributed by atoms with Crippen LogP contribution in [0, 0.1) is 0 Å². The van der Waals surface area contributed by atoms with E-state index in [4.69, 9.17) is 19.8 Å². The molecule has 2 aromatic rings. The average Bonchev–Trinajstić information content (AvgIpc) is 2.43. The molecule has 4 nitrogen and oxygen atoms in total. The molecule has 2 rings (SSSR count). The van der Waals surface area contributed by atoms with Crippen molar-refractivity contribution in [3.05, 3.63) is 60.7 Å². The van der Waals surface area contributed by atoms with Crippen molar-refractivity contribution in [1.82, 2.24) is 0 Å². The Labute approximate surface area is 123 Å². The Balaban J connectivity index is 0.000000465. The summed E-state index contributed by atoms with van der Waals surface area (Å²) in [5.74, 6) is 0. The van der Waals surface area contributed by atoms with Crippen LogP contribution in [0.1, 0.15) is 0 Å². The van der Waals surface area contributed by atoms with Gasteiger partial charge in [0.1, 0.15) is 0 Å².